The Balaban J connectivity index is 2.93. The van der Waals surface area contributed by atoms with E-state index in [1.807, 2.05) is 6.92 Å². The maximum atomic E-state index is 11.9. The van der Waals surface area contributed by atoms with Crippen molar-refractivity contribution in [2.24, 2.45) is 0 Å². The first kappa shape index (κ1) is 13.6. The van der Waals surface area contributed by atoms with Gasteiger partial charge in [-0.2, -0.15) is 0 Å². The number of phenols is 1. The third kappa shape index (κ3) is 3.77. The van der Waals surface area contributed by atoms with Crippen molar-refractivity contribution >= 4 is 10.0 Å². The molecule has 0 fully saturated rings. The standard InChI is InChI=1S/C12H15NO3S/c1-3-6-10(4-2)13-17(15,16)12-8-5-7-11(14)9-12/h1,5,7-10,13-14H,4,6H2,2H3. The largest absolute Gasteiger partial charge is 0.508 e. The Bertz CT molecular complexity index is 517. The number of phenolic OH excluding ortho intramolecular Hbond substituents is 1. The average molecular weight is 253 g/mol. The Kier molecular flexibility index (Phi) is 4.55. The fourth-order valence-electron chi connectivity index (χ4n) is 1.35. The van der Waals surface area contributed by atoms with Crippen molar-refractivity contribution < 1.29 is 13.5 Å². The highest BCUT2D eigenvalue weighted by Crippen LogP contribution is 2.16. The van der Waals surface area contributed by atoms with Crippen molar-refractivity contribution in [3.05, 3.63) is 24.3 Å². The fourth-order valence-corrected chi connectivity index (χ4v) is 2.71. The summed E-state index contributed by atoms with van der Waals surface area (Å²) in [6.45, 7) is 1.85. The van der Waals surface area contributed by atoms with E-state index in [1.54, 1.807) is 0 Å². The van der Waals surface area contributed by atoms with Gasteiger partial charge >= 0.3 is 0 Å². The summed E-state index contributed by atoms with van der Waals surface area (Å²) in [7, 11) is -3.62. The molecule has 92 valence electrons. The monoisotopic (exact) mass is 253 g/mol. The predicted molar refractivity (Wildman–Crippen MR) is 66.0 cm³/mol. The molecule has 0 heterocycles. The van der Waals surface area contributed by atoms with Crippen LogP contribution in [0.1, 0.15) is 19.8 Å². The second-order valence-corrected chi connectivity index (χ2v) is 5.35. The Morgan fingerprint density at radius 1 is 1.53 bits per heavy atom. The minimum atomic E-state index is -3.62. The maximum Gasteiger partial charge on any atom is 0.240 e. The van der Waals surface area contributed by atoms with E-state index in [0.717, 1.165) is 0 Å². The van der Waals surface area contributed by atoms with Crippen LogP contribution in [-0.2, 0) is 10.0 Å². The van der Waals surface area contributed by atoms with Gasteiger partial charge in [0.15, 0.2) is 0 Å². The second kappa shape index (κ2) is 5.71. The zero-order chi connectivity index (χ0) is 12.9. The van der Waals surface area contributed by atoms with Crippen LogP contribution in [0.2, 0.25) is 0 Å². The van der Waals surface area contributed by atoms with Crippen LogP contribution in [0.5, 0.6) is 5.75 Å². The summed E-state index contributed by atoms with van der Waals surface area (Å²) in [6.07, 6.45) is 6.12. The number of nitrogens with one attached hydrogen (secondary N) is 1. The van der Waals surface area contributed by atoms with E-state index in [9.17, 15) is 13.5 Å². The van der Waals surface area contributed by atoms with Gasteiger partial charge < -0.3 is 5.11 Å². The molecule has 0 saturated carbocycles. The Hall–Kier alpha value is -1.51. The highest BCUT2D eigenvalue weighted by atomic mass is 32.2. The van der Waals surface area contributed by atoms with Gasteiger partial charge in [0.05, 0.1) is 4.90 Å². The normalized spacial score (nSPS) is 12.9. The van der Waals surface area contributed by atoms with Gasteiger partial charge in [0.25, 0.3) is 0 Å². The summed E-state index contributed by atoms with van der Waals surface area (Å²) in [6, 6.07) is 5.23. The van der Waals surface area contributed by atoms with Crippen LogP contribution in [-0.4, -0.2) is 19.6 Å². The number of hydrogen-bond donors (Lipinski definition) is 2. The Morgan fingerprint density at radius 3 is 2.76 bits per heavy atom. The lowest BCUT2D eigenvalue weighted by molar-refractivity contribution is 0.472. The van der Waals surface area contributed by atoms with Crippen LogP contribution in [0.3, 0.4) is 0 Å². The van der Waals surface area contributed by atoms with E-state index in [0.29, 0.717) is 12.8 Å². The van der Waals surface area contributed by atoms with Gasteiger partial charge in [0, 0.05) is 12.5 Å². The number of terminal acetylenes is 1. The van der Waals surface area contributed by atoms with Crippen LogP contribution in [0.25, 0.3) is 0 Å². The minimum Gasteiger partial charge on any atom is -0.508 e. The maximum absolute atomic E-state index is 11.9. The molecule has 0 aliphatic heterocycles. The molecule has 0 bridgehead atoms. The van der Waals surface area contributed by atoms with Gasteiger partial charge in [0.2, 0.25) is 10.0 Å². The summed E-state index contributed by atoms with van der Waals surface area (Å²) < 4.78 is 26.4. The average Bonchev–Trinajstić information content (AvgIpc) is 2.28. The molecule has 0 radical (unpaired) electrons. The van der Waals surface area contributed by atoms with Crippen molar-refractivity contribution in [3.63, 3.8) is 0 Å². The van der Waals surface area contributed by atoms with E-state index in [1.165, 1.54) is 24.3 Å². The molecule has 1 rings (SSSR count). The first-order valence-electron chi connectivity index (χ1n) is 5.24. The molecule has 0 spiro atoms. The molecule has 1 aromatic carbocycles. The quantitative estimate of drug-likeness (QED) is 0.781. The minimum absolute atomic E-state index is 0.0352. The zero-order valence-corrected chi connectivity index (χ0v) is 10.4. The molecule has 0 saturated heterocycles. The van der Waals surface area contributed by atoms with E-state index >= 15 is 0 Å². The predicted octanol–water partition coefficient (Wildman–Crippen LogP) is 1.47. The Labute approximate surface area is 102 Å². The van der Waals surface area contributed by atoms with Gasteiger partial charge in [-0.3, -0.25) is 0 Å². The smallest absolute Gasteiger partial charge is 0.240 e. The summed E-state index contributed by atoms with van der Waals surface area (Å²) >= 11 is 0. The topological polar surface area (TPSA) is 66.4 Å². The SMILES string of the molecule is C#CCC(CC)NS(=O)(=O)c1cccc(O)c1. The van der Waals surface area contributed by atoms with Crippen LogP contribution in [0, 0.1) is 12.3 Å². The summed E-state index contributed by atoms with van der Waals surface area (Å²) in [5.74, 6) is 2.34. The number of rotatable bonds is 5. The number of hydrogen-bond acceptors (Lipinski definition) is 3. The third-order valence-electron chi connectivity index (χ3n) is 2.31. The highest BCUT2D eigenvalue weighted by Gasteiger charge is 2.18. The summed E-state index contributed by atoms with van der Waals surface area (Å²) in [4.78, 5) is 0.0352. The molecule has 4 nitrogen and oxygen atoms in total. The molecule has 1 unspecified atom stereocenters. The lowest BCUT2D eigenvalue weighted by atomic mass is 10.2. The fraction of sp³-hybridized carbons (Fsp3) is 0.333. The first-order valence-corrected chi connectivity index (χ1v) is 6.72. The van der Waals surface area contributed by atoms with Crippen molar-refractivity contribution in [1.29, 1.82) is 0 Å². The Morgan fingerprint density at radius 2 is 2.24 bits per heavy atom. The van der Waals surface area contributed by atoms with Crippen LogP contribution in [0.15, 0.2) is 29.2 Å². The number of benzene rings is 1. The lowest BCUT2D eigenvalue weighted by Crippen LogP contribution is -2.34. The van der Waals surface area contributed by atoms with Crippen molar-refractivity contribution in [1.82, 2.24) is 4.72 Å². The van der Waals surface area contributed by atoms with E-state index < -0.39 is 10.0 Å². The van der Waals surface area contributed by atoms with Gasteiger partial charge in [0.1, 0.15) is 5.75 Å². The molecule has 0 aliphatic rings. The van der Waals surface area contributed by atoms with E-state index in [2.05, 4.69) is 10.6 Å². The van der Waals surface area contributed by atoms with Crippen molar-refractivity contribution in [3.8, 4) is 18.1 Å². The van der Waals surface area contributed by atoms with Crippen LogP contribution < -0.4 is 4.72 Å². The lowest BCUT2D eigenvalue weighted by Gasteiger charge is -2.14. The molecule has 5 heteroatoms. The number of sulfonamides is 1. The summed E-state index contributed by atoms with van der Waals surface area (Å²) in [5.41, 5.74) is 0. The molecule has 1 atom stereocenters. The van der Waals surface area contributed by atoms with Crippen LogP contribution >= 0.6 is 0 Å². The van der Waals surface area contributed by atoms with Crippen LogP contribution in [0.4, 0.5) is 0 Å². The molecule has 2 N–H and O–H groups in total. The van der Waals surface area contributed by atoms with Crippen molar-refractivity contribution in [2.45, 2.75) is 30.7 Å². The molecule has 0 aromatic heterocycles. The molecular weight excluding hydrogens is 238 g/mol. The van der Waals surface area contributed by atoms with Crippen molar-refractivity contribution in [2.75, 3.05) is 0 Å². The molecule has 1 aromatic rings. The van der Waals surface area contributed by atoms with E-state index in [-0.39, 0.29) is 16.7 Å². The molecular formula is C12H15NO3S. The van der Waals surface area contributed by atoms with Gasteiger partial charge in [-0.1, -0.05) is 13.0 Å². The second-order valence-electron chi connectivity index (χ2n) is 3.63. The molecule has 0 aliphatic carbocycles. The molecule has 17 heavy (non-hydrogen) atoms. The highest BCUT2D eigenvalue weighted by molar-refractivity contribution is 7.89. The molecule has 0 amide bonds. The van der Waals surface area contributed by atoms with Gasteiger partial charge in [-0.15, -0.1) is 12.3 Å². The van der Waals surface area contributed by atoms with E-state index in [4.69, 9.17) is 6.42 Å². The number of aromatic hydroxyl groups is 1. The first-order chi connectivity index (χ1) is 7.99. The third-order valence-corrected chi connectivity index (χ3v) is 3.82. The van der Waals surface area contributed by atoms with Gasteiger partial charge in [-0.05, 0) is 24.6 Å². The van der Waals surface area contributed by atoms with Gasteiger partial charge in [-0.25, -0.2) is 13.1 Å². The summed E-state index contributed by atoms with van der Waals surface area (Å²) in [5, 5.41) is 9.25. The zero-order valence-electron chi connectivity index (χ0n) is 9.55.